The number of nitrogens with zero attached hydrogens (tertiary/aromatic N) is 3. The molecule has 1 aromatic carbocycles. The van der Waals surface area contributed by atoms with E-state index in [-0.39, 0.29) is 0 Å². The summed E-state index contributed by atoms with van der Waals surface area (Å²) in [6.45, 7) is 3.28. The Morgan fingerprint density at radius 2 is 2.00 bits per heavy atom. The zero-order valence-corrected chi connectivity index (χ0v) is 12.2. The van der Waals surface area contributed by atoms with Gasteiger partial charge in [-0.2, -0.15) is 0 Å². The molecule has 3 aromatic rings. The van der Waals surface area contributed by atoms with E-state index in [0.29, 0.717) is 6.04 Å². The van der Waals surface area contributed by atoms with Crippen LogP contribution in [0.2, 0.25) is 0 Å². The first-order valence-electron chi connectivity index (χ1n) is 7.77. The molecule has 0 saturated carbocycles. The molecule has 2 unspecified atom stereocenters. The van der Waals surface area contributed by atoms with Gasteiger partial charge in [0.1, 0.15) is 0 Å². The summed E-state index contributed by atoms with van der Waals surface area (Å²) in [4.78, 5) is 5.62. The number of para-hydroxylation sites is 1. The first-order chi connectivity index (χ1) is 10.9. The summed E-state index contributed by atoms with van der Waals surface area (Å²) >= 11 is 0. The van der Waals surface area contributed by atoms with Crippen LogP contribution >= 0.6 is 0 Å². The quantitative estimate of drug-likeness (QED) is 0.758. The van der Waals surface area contributed by atoms with Crippen LogP contribution in [0, 0.1) is 5.92 Å². The molecule has 0 aliphatic carbocycles. The maximum Gasteiger partial charge on any atom is 0.151 e. The molecular formula is C17H17N5. The molecule has 5 heteroatoms. The van der Waals surface area contributed by atoms with Crippen LogP contribution in [0.1, 0.15) is 0 Å². The fraction of sp³-hybridized carbons (Fsp3) is 0.294. The van der Waals surface area contributed by atoms with Crippen molar-refractivity contribution in [2.24, 2.45) is 5.92 Å². The van der Waals surface area contributed by atoms with Gasteiger partial charge in [-0.3, -0.25) is 0 Å². The van der Waals surface area contributed by atoms with E-state index in [1.54, 1.807) is 0 Å². The van der Waals surface area contributed by atoms with Crippen LogP contribution in [0.15, 0.2) is 42.6 Å². The predicted octanol–water partition coefficient (Wildman–Crippen LogP) is 2.03. The van der Waals surface area contributed by atoms with Crippen molar-refractivity contribution in [2.45, 2.75) is 6.04 Å². The van der Waals surface area contributed by atoms with Crippen molar-refractivity contribution in [3.63, 3.8) is 0 Å². The minimum Gasteiger partial charge on any atom is -0.360 e. The molecule has 22 heavy (non-hydrogen) atoms. The van der Waals surface area contributed by atoms with Crippen LogP contribution in [-0.2, 0) is 0 Å². The first kappa shape index (κ1) is 12.2. The van der Waals surface area contributed by atoms with Gasteiger partial charge in [-0.25, -0.2) is 0 Å². The molecule has 110 valence electrons. The van der Waals surface area contributed by atoms with Gasteiger partial charge < -0.3 is 15.2 Å². The Morgan fingerprint density at radius 1 is 1.05 bits per heavy atom. The first-order valence-corrected chi connectivity index (χ1v) is 7.77. The zero-order chi connectivity index (χ0) is 14.5. The van der Waals surface area contributed by atoms with E-state index in [1.165, 1.54) is 5.39 Å². The lowest BCUT2D eigenvalue weighted by Crippen LogP contribution is -2.51. The fourth-order valence-electron chi connectivity index (χ4n) is 3.56. The molecule has 2 fully saturated rings. The van der Waals surface area contributed by atoms with Gasteiger partial charge in [0.25, 0.3) is 0 Å². The van der Waals surface area contributed by atoms with Crippen molar-refractivity contribution in [3.05, 3.63) is 42.6 Å². The third kappa shape index (κ3) is 1.75. The van der Waals surface area contributed by atoms with Gasteiger partial charge >= 0.3 is 0 Å². The molecule has 4 heterocycles. The second-order valence-electron chi connectivity index (χ2n) is 6.20. The lowest BCUT2D eigenvalue weighted by atomic mass is 9.96. The Hall–Kier alpha value is -2.40. The highest BCUT2D eigenvalue weighted by Crippen LogP contribution is 2.29. The van der Waals surface area contributed by atoms with E-state index in [1.807, 2.05) is 12.3 Å². The second kappa shape index (κ2) is 4.55. The van der Waals surface area contributed by atoms with E-state index in [4.69, 9.17) is 0 Å². The molecule has 5 nitrogen and oxygen atoms in total. The minimum atomic E-state index is 0.648. The number of nitrogens with one attached hydrogen (secondary N) is 2. The van der Waals surface area contributed by atoms with Crippen LogP contribution in [0.25, 0.3) is 22.2 Å². The van der Waals surface area contributed by atoms with E-state index < -0.39 is 0 Å². The smallest absolute Gasteiger partial charge is 0.151 e. The predicted molar refractivity (Wildman–Crippen MR) is 86.8 cm³/mol. The molecule has 5 rings (SSSR count). The summed E-state index contributed by atoms with van der Waals surface area (Å²) in [5, 5.41) is 13.6. The van der Waals surface area contributed by atoms with Crippen molar-refractivity contribution >= 4 is 16.7 Å². The van der Waals surface area contributed by atoms with Crippen LogP contribution in [0.4, 0.5) is 5.82 Å². The molecule has 0 spiro atoms. The van der Waals surface area contributed by atoms with Crippen molar-refractivity contribution in [3.8, 4) is 11.3 Å². The third-order valence-electron chi connectivity index (χ3n) is 4.92. The van der Waals surface area contributed by atoms with Crippen LogP contribution in [0.3, 0.4) is 0 Å². The molecule has 2 N–H and O–H groups in total. The molecule has 0 radical (unpaired) electrons. The number of H-pyrrole nitrogens is 1. The zero-order valence-electron chi connectivity index (χ0n) is 12.2. The average Bonchev–Trinajstić information content (AvgIpc) is 3.10. The van der Waals surface area contributed by atoms with Crippen molar-refractivity contribution in [1.82, 2.24) is 20.5 Å². The molecule has 2 aliphatic rings. The van der Waals surface area contributed by atoms with E-state index in [0.717, 1.165) is 48.1 Å². The van der Waals surface area contributed by atoms with E-state index in [2.05, 4.69) is 55.7 Å². The Morgan fingerprint density at radius 3 is 2.73 bits per heavy atom. The molecule has 2 atom stereocenters. The topological polar surface area (TPSA) is 56.8 Å². The van der Waals surface area contributed by atoms with E-state index in [9.17, 15) is 0 Å². The summed E-state index contributed by atoms with van der Waals surface area (Å²) in [6, 6.07) is 13.1. The van der Waals surface area contributed by atoms with Gasteiger partial charge in [0, 0.05) is 54.3 Å². The minimum absolute atomic E-state index is 0.648. The number of anilines is 1. The number of hydrogen-bond donors (Lipinski definition) is 2. The standard InChI is InChI=1S/C17H17N5/c1-2-4-14-12(3-1)13(8-19-14)15-5-6-17(21-20-15)22-9-11-7-18-16(11)10-22/h1-6,8,11,16,18-19H,7,9-10H2. The molecule has 0 bridgehead atoms. The van der Waals surface area contributed by atoms with Crippen molar-refractivity contribution in [2.75, 3.05) is 24.5 Å². The largest absolute Gasteiger partial charge is 0.360 e. The maximum atomic E-state index is 4.45. The summed E-state index contributed by atoms with van der Waals surface area (Å²) < 4.78 is 0. The van der Waals surface area contributed by atoms with E-state index >= 15 is 0 Å². The number of aromatic nitrogens is 3. The normalized spacial score (nSPS) is 23.5. The van der Waals surface area contributed by atoms with Gasteiger partial charge in [-0.15, -0.1) is 10.2 Å². The lowest BCUT2D eigenvalue weighted by molar-refractivity contribution is 0.297. The average molecular weight is 291 g/mol. The van der Waals surface area contributed by atoms with Gasteiger partial charge in [-0.05, 0) is 18.2 Å². The van der Waals surface area contributed by atoms with Gasteiger partial charge in [0.2, 0.25) is 0 Å². The van der Waals surface area contributed by atoms with Crippen molar-refractivity contribution < 1.29 is 0 Å². The van der Waals surface area contributed by atoms with Crippen LogP contribution in [-0.4, -0.2) is 40.9 Å². The summed E-state index contributed by atoms with van der Waals surface area (Å²) in [5.74, 6) is 1.77. The number of hydrogen-bond acceptors (Lipinski definition) is 4. The maximum absolute atomic E-state index is 4.45. The Balaban J connectivity index is 1.47. The molecule has 2 aromatic heterocycles. The molecule has 2 saturated heterocycles. The summed E-state index contributed by atoms with van der Waals surface area (Å²) in [7, 11) is 0. The van der Waals surface area contributed by atoms with Crippen LogP contribution in [0.5, 0.6) is 0 Å². The highest BCUT2D eigenvalue weighted by Gasteiger charge is 2.39. The fourth-order valence-corrected chi connectivity index (χ4v) is 3.56. The second-order valence-corrected chi connectivity index (χ2v) is 6.20. The summed E-state index contributed by atoms with van der Waals surface area (Å²) in [6.07, 6.45) is 2.01. The van der Waals surface area contributed by atoms with Gasteiger partial charge in [0.05, 0.1) is 5.69 Å². The third-order valence-corrected chi connectivity index (χ3v) is 4.92. The molecule has 2 aliphatic heterocycles. The highest BCUT2D eigenvalue weighted by atomic mass is 15.3. The lowest BCUT2D eigenvalue weighted by Gasteiger charge is -2.29. The number of aromatic amines is 1. The SMILES string of the molecule is c1ccc2c(-c3ccc(N4CC5CNC5C4)nn3)c[nH]c2c1. The highest BCUT2D eigenvalue weighted by molar-refractivity contribution is 5.94. The molecular weight excluding hydrogens is 274 g/mol. The Bertz CT molecular complexity index is 810. The number of benzene rings is 1. The molecule has 0 amide bonds. The van der Waals surface area contributed by atoms with Gasteiger partial charge in [-0.1, -0.05) is 18.2 Å². The monoisotopic (exact) mass is 291 g/mol. The Kier molecular flexibility index (Phi) is 2.52. The Labute approximate surface area is 128 Å². The van der Waals surface area contributed by atoms with Gasteiger partial charge in [0.15, 0.2) is 5.82 Å². The summed E-state index contributed by atoms with van der Waals surface area (Å²) in [5.41, 5.74) is 3.16. The number of rotatable bonds is 2. The number of fused-ring (bicyclic) bond motifs is 2. The van der Waals surface area contributed by atoms with Crippen molar-refractivity contribution in [1.29, 1.82) is 0 Å². The van der Waals surface area contributed by atoms with Crippen LogP contribution < -0.4 is 10.2 Å².